The molecule has 0 aliphatic carbocycles. The molecular formula is C14H18N2O6S2. The van der Waals surface area contributed by atoms with Gasteiger partial charge in [0.25, 0.3) is 20.2 Å². The van der Waals surface area contributed by atoms with Gasteiger partial charge in [0.1, 0.15) is 9.80 Å². The summed E-state index contributed by atoms with van der Waals surface area (Å²) in [6.07, 6.45) is 0. The second-order valence-electron chi connectivity index (χ2n) is 5.65. The Labute approximate surface area is 140 Å². The van der Waals surface area contributed by atoms with Crippen molar-refractivity contribution in [1.82, 2.24) is 4.98 Å². The van der Waals surface area contributed by atoms with Gasteiger partial charge >= 0.3 is 0 Å². The monoisotopic (exact) mass is 374 g/mol. The highest BCUT2D eigenvalue weighted by atomic mass is 32.2. The molecule has 0 radical (unpaired) electrons. The maximum absolute atomic E-state index is 11.5. The summed E-state index contributed by atoms with van der Waals surface area (Å²) >= 11 is 0. The van der Waals surface area contributed by atoms with E-state index < -0.39 is 20.2 Å². The highest BCUT2D eigenvalue weighted by molar-refractivity contribution is 7.91. The zero-order chi connectivity index (χ0) is 18.6. The van der Waals surface area contributed by atoms with E-state index in [1.165, 1.54) is 27.7 Å². The van der Waals surface area contributed by atoms with Crippen LogP contribution in [0.15, 0.2) is 26.1 Å². The Kier molecular flexibility index (Phi) is 4.38. The predicted molar refractivity (Wildman–Crippen MR) is 90.0 cm³/mol. The van der Waals surface area contributed by atoms with Crippen molar-refractivity contribution in [2.45, 2.75) is 39.5 Å². The van der Waals surface area contributed by atoms with Crippen LogP contribution in [0.3, 0.4) is 0 Å². The van der Waals surface area contributed by atoms with E-state index in [0.29, 0.717) is 22.5 Å². The zero-order valence-corrected chi connectivity index (χ0v) is 15.4. The number of aromatic nitrogens is 1. The van der Waals surface area contributed by atoms with Crippen LogP contribution in [0.25, 0.3) is 5.57 Å². The van der Waals surface area contributed by atoms with Crippen molar-refractivity contribution >= 4 is 31.5 Å². The molecule has 0 unspecified atom stereocenters. The quantitative estimate of drug-likeness (QED) is 0.694. The van der Waals surface area contributed by atoms with E-state index in [0.717, 1.165) is 0 Å². The van der Waals surface area contributed by atoms with Gasteiger partial charge in [-0.1, -0.05) is 0 Å². The van der Waals surface area contributed by atoms with Crippen molar-refractivity contribution in [3.8, 4) is 0 Å². The molecule has 8 nitrogen and oxygen atoms in total. The highest BCUT2D eigenvalue weighted by Crippen LogP contribution is 2.36. The average Bonchev–Trinajstić information content (AvgIpc) is 2.84. The van der Waals surface area contributed by atoms with Gasteiger partial charge in [0.2, 0.25) is 0 Å². The first-order valence-electron chi connectivity index (χ1n) is 6.89. The molecule has 24 heavy (non-hydrogen) atoms. The van der Waals surface area contributed by atoms with Crippen LogP contribution in [0.4, 0.5) is 0 Å². The number of hydrogen-bond donors (Lipinski definition) is 3. The van der Waals surface area contributed by atoms with Gasteiger partial charge in [-0.05, 0) is 51.3 Å². The molecule has 2 rings (SSSR count). The van der Waals surface area contributed by atoms with Crippen LogP contribution in [0.5, 0.6) is 0 Å². The molecule has 0 spiro atoms. The summed E-state index contributed by atoms with van der Waals surface area (Å²) < 4.78 is 64.7. The van der Waals surface area contributed by atoms with E-state index in [1.54, 1.807) is 6.92 Å². The average molecular weight is 374 g/mol. The smallest absolute Gasteiger partial charge is 0.296 e. The molecule has 0 atom stereocenters. The van der Waals surface area contributed by atoms with Gasteiger partial charge in [-0.15, -0.1) is 0 Å². The molecule has 1 aliphatic rings. The summed E-state index contributed by atoms with van der Waals surface area (Å²) in [6.45, 7) is 7.65. The third-order valence-electron chi connectivity index (χ3n) is 3.92. The minimum absolute atomic E-state index is 0.153. The number of rotatable bonds is 3. The summed E-state index contributed by atoms with van der Waals surface area (Å²) in [4.78, 5) is 6.60. The number of nitrogens with one attached hydrogen (secondary N) is 1. The van der Waals surface area contributed by atoms with Crippen molar-refractivity contribution in [3.05, 3.63) is 33.1 Å². The number of aryl methyl sites for hydroxylation is 1. The van der Waals surface area contributed by atoms with Crippen molar-refractivity contribution < 1.29 is 25.9 Å². The molecule has 0 saturated carbocycles. The van der Waals surface area contributed by atoms with E-state index in [1.807, 2.05) is 0 Å². The minimum atomic E-state index is -4.42. The Hall–Kier alpha value is -1.75. The largest absolute Gasteiger partial charge is 0.357 e. The third-order valence-corrected chi connectivity index (χ3v) is 6.16. The first kappa shape index (κ1) is 18.6. The number of aromatic amines is 1. The van der Waals surface area contributed by atoms with Crippen LogP contribution >= 0.6 is 0 Å². The van der Waals surface area contributed by atoms with Crippen LogP contribution in [0, 0.1) is 13.8 Å². The summed E-state index contributed by atoms with van der Waals surface area (Å²) in [5, 5.41) is 0. The Morgan fingerprint density at radius 1 is 1.00 bits per heavy atom. The fourth-order valence-corrected chi connectivity index (χ4v) is 4.87. The molecular weight excluding hydrogens is 356 g/mol. The topological polar surface area (TPSA) is 137 Å². The van der Waals surface area contributed by atoms with Gasteiger partial charge in [0.15, 0.2) is 0 Å². The molecule has 0 bridgehead atoms. The Morgan fingerprint density at radius 3 is 1.92 bits per heavy atom. The predicted octanol–water partition coefficient (Wildman–Crippen LogP) is 2.25. The van der Waals surface area contributed by atoms with Crippen molar-refractivity contribution in [2.24, 2.45) is 4.99 Å². The first-order valence-corrected chi connectivity index (χ1v) is 9.77. The van der Waals surface area contributed by atoms with Gasteiger partial charge < -0.3 is 4.98 Å². The van der Waals surface area contributed by atoms with Gasteiger partial charge in [-0.2, -0.15) is 16.8 Å². The lowest BCUT2D eigenvalue weighted by Gasteiger charge is -2.06. The van der Waals surface area contributed by atoms with Gasteiger partial charge in [0, 0.05) is 11.4 Å². The van der Waals surface area contributed by atoms with E-state index in [9.17, 15) is 25.9 Å². The molecule has 1 aliphatic heterocycles. The molecule has 3 N–H and O–H groups in total. The standard InChI is InChI=1S/C14H18N2O6S2/c1-6(11-7(2)13(9(4)15-11)23(17,18)19)12-8(3)14(10(5)16-12)24(20,21)22/h15H,1-5H3,(H,17,18,19)(H,20,21,22)/b12-6-. The van der Waals surface area contributed by atoms with Crippen LogP contribution in [0.2, 0.25) is 0 Å². The number of aliphatic imine (C=N–C) groups is 1. The van der Waals surface area contributed by atoms with Crippen molar-refractivity contribution in [1.29, 1.82) is 0 Å². The van der Waals surface area contributed by atoms with Crippen molar-refractivity contribution in [3.63, 3.8) is 0 Å². The molecule has 132 valence electrons. The van der Waals surface area contributed by atoms with Crippen LogP contribution in [-0.2, 0) is 20.2 Å². The van der Waals surface area contributed by atoms with Crippen LogP contribution < -0.4 is 0 Å². The minimum Gasteiger partial charge on any atom is -0.357 e. The fraction of sp³-hybridized carbons (Fsp3) is 0.357. The Morgan fingerprint density at radius 2 is 1.54 bits per heavy atom. The summed E-state index contributed by atoms with van der Waals surface area (Å²) in [6, 6.07) is 0. The molecule has 0 amide bonds. The van der Waals surface area contributed by atoms with Crippen LogP contribution in [-0.4, -0.2) is 36.6 Å². The number of hydrogen-bond acceptors (Lipinski definition) is 5. The second-order valence-corrected chi connectivity index (χ2v) is 8.37. The van der Waals surface area contributed by atoms with Crippen molar-refractivity contribution in [2.75, 3.05) is 0 Å². The lowest BCUT2D eigenvalue weighted by atomic mass is 10.1. The molecule has 0 saturated heterocycles. The van der Waals surface area contributed by atoms with E-state index in [4.69, 9.17) is 0 Å². The lowest BCUT2D eigenvalue weighted by Crippen LogP contribution is -2.08. The Balaban J connectivity index is 2.78. The fourth-order valence-electron chi connectivity index (χ4n) is 3.04. The lowest BCUT2D eigenvalue weighted by molar-refractivity contribution is 0.481. The molecule has 10 heteroatoms. The maximum Gasteiger partial charge on any atom is 0.296 e. The molecule has 0 aromatic carbocycles. The van der Waals surface area contributed by atoms with Crippen LogP contribution in [0.1, 0.15) is 37.7 Å². The number of H-pyrrole nitrogens is 1. The Bertz CT molecular complexity index is 1040. The zero-order valence-electron chi connectivity index (χ0n) is 13.8. The van der Waals surface area contributed by atoms with E-state index in [2.05, 4.69) is 9.98 Å². The third kappa shape index (κ3) is 2.97. The normalized spacial score (nSPS) is 18.2. The van der Waals surface area contributed by atoms with Gasteiger partial charge in [-0.3, -0.25) is 14.1 Å². The summed E-state index contributed by atoms with van der Waals surface area (Å²) in [5.41, 5.74) is 2.24. The molecule has 1 aromatic rings. The summed E-state index contributed by atoms with van der Waals surface area (Å²) in [7, 11) is -8.81. The van der Waals surface area contributed by atoms with E-state index >= 15 is 0 Å². The summed E-state index contributed by atoms with van der Waals surface area (Å²) in [5.74, 6) is 0. The number of allylic oxidation sites excluding steroid dienone is 3. The maximum atomic E-state index is 11.5. The first-order chi connectivity index (χ1) is 10.8. The number of nitrogens with zero attached hydrogens (tertiary/aromatic N) is 1. The molecule has 1 aromatic heterocycles. The van der Waals surface area contributed by atoms with E-state index in [-0.39, 0.29) is 26.8 Å². The molecule has 2 heterocycles. The second kappa shape index (κ2) is 5.66. The van der Waals surface area contributed by atoms with Gasteiger partial charge in [0.05, 0.1) is 11.4 Å². The SMILES string of the molecule is CC1=N/C(=C(/C)c2[nH]c(C)c(S(=O)(=O)O)c2C)C(C)=C1S(=O)(=O)O. The van der Waals surface area contributed by atoms with Gasteiger partial charge in [-0.25, -0.2) is 0 Å². The highest BCUT2D eigenvalue weighted by Gasteiger charge is 2.30. The molecule has 0 fully saturated rings.